The van der Waals surface area contributed by atoms with Crippen LogP contribution in [0.25, 0.3) is 11.1 Å². The van der Waals surface area contributed by atoms with Gasteiger partial charge in [0.15, 0.2) is 0 Å². The molecule has 2 atom stereocenters. The fourth-order valence-corrected chi connectivity index (χ4v) is 7.47. The minimum Gasteiger partial charge on any atom is -0.481 e. The van der Waals surface area contributed by atoms with Gasteiger partial charge >= 0.3 is 0 Å². The molecule has 6 rings (SSSR count). The molecule has 2 aliphatic rings. The average molecular weight is 737 g/mol. The number of ether oxygens (including phenoxy) is 4. The van der Waals surface area contributed by atoms with Crippen LogP contribution in [0.1, 0.15) is 60.1 Å². The van der Waals surface area contributed by atoms with Gasteiger partial charge in [0.1, 0.15) is 13.2 Å². The van der Waals surface area contributed by atoms with Gasteiger partial charge < -0.3 is 29.6 Å². The highest BCUT2D eigenvalue weighted by Crippen LogP contribution is 2.32. The fraction of sp³-hybridized carbons (Fsp3) is 0.429. The molecule has 286 valence electrons. The van der Waals surface area contributed by atoms with E-state index in [2.05, 4.69) is 80.6 Å². The van der Waals surface area contributed by atoms with Crippen molar-refractivity contribution in [2.75, 3.05) is 40.4 Å². The van der Waals surface area contributed by atoms with E-state index < -0.39 is 0 Å². The number of aromatic nitrogens is 2. The number of amides is 2. The Labute approximate surface area is 318 Å². The number of rotatable bonds is 15. The lowest BCUT2D eigenvalue weighted by atomic mass is 9.92. The van der Waals surface area contributed by atoms with Gasteiger partial charge in [-0.1, -0.05) is 36.4 Å². The number of benzene rings is 2. The number of pyridine rings is 2. The summed E-state index contributed by atoms with van der Waals surface area (Å²) in [6, 6.07) is 20.7. The first-order valence-corrected chi connectivity index (χ1v) is 18.6. The van der Waals surface area contributed by atoms with Crippen LogP contribution in [0.4, 0.5) is 0 Å². The molecule has 0 spiro atoms. The van der Waals surface area contributed by atoms with E-state index in [4.69, 9.17) is 18.9 Å². The Kier molecular flexibility index (Phi) is 12.7. The van der Waals surface area contributed by atoms with Gasteiger partial charge in [0.05, 0.1) is 14.2 Å². The number of carbonyl (C=O) groups is 2. The van der Waals surface area contributed by atoms with Crippen LogP contribution >= 0.6 is 0 Å². The minimum absolute atomic E-state index is 0.00372. The van der Waals surface area contributed by atoms with E-state index >= 15 is 0 Å². The quantitative estimate of drug-likeness (QED) is 0.165. The summed E-state index contributed by atoms with van der Waals surface area (Å²) in [5, 5.41) is 6.03. The maximum Gasteiger partial charge on any atom is 0.220 e. The molecule has 0 unspecified atom stereocenters. The molecule has 12 heteroatoms. The van der Waals surface area contributed by atoms with Crippen LogP contribution in [0.15, 0.2) is 60.7 Å². The number of methoxy groups -OCH3 is 2. The van der Waals surface area contributed by atoms with Crippen LogP contribution in [0.2, 0.25) is 0 Å². The molecule has 2 saturated heterocycles. The molecule has 12 nitrogen and oxygen atoms in total. The van der Waals surface area contributed by atoms with E-state index in [-0.39, 0.29) is 23.9 Å². The highest BCUT2D eigenvalue weighted by atomic mass is 16.5. The Bertz CT molecular complexity index is 1810. The van der Waals surface area contributed by atoms with E-state index in [0.717, 1.165) is 83.5 Å². The summed E-state index contributed by atoms with van der Waals surface area (Å²) < 4.78 is 23.7. The van der Waals surface area contributed by atoms with Crippen molar-refractivity contribution in [3.05, 3.63) is 94.0 Å². The molecule has 2 fully saturated rings. The normalized spacial score (nSPS) is 17.3. The largest absolute Gasteiger partial charge is 0.481 e. The monoisotopic (exact) mass is 736 g/mol. The first-order valence-electron chi connectivity index (χ1n) is 18.6. The van der Waals surface area contributed by atoms with Crippen molar-refractivity contribution in [3.63, 3.8) is 0 Å². The zero-order chi connectivity index (χ0) is 38.2. The van der Waals surface area contributed by atoms with Crippen molar-refractivity contribution in [3.8, 4) is 34.6 Å². The van der Waals surface area contributed by atoms with E-state index in [9.17, 15) is 9.59 Å². The molecule has 0 saturated carbocycles. The standard InChI is InChI=1S/C42H52N6O6/c1-27-33(25-53-39-15-13-31(41(45-39)51-5)21-47-19-17-35(23-47)43-29(3)49)9-7-11-37(27)38-12-8-10-34(28(38)2)26-54-40-16-14-32(42(46-40)52-6)22-48-20-18-36(24-48)44-30(4)50/h7-16,35-36H,17-26H2,1-6H3,(H,43,49)(H,44,50)/t35-,36-/m0/s1. The highest BCUT2D eigenvalue weighted by Gasteiger charge is 2.25. The van der Waals surface area contributed by atoms with Crippen molar-refractivity contribution >= 4 is 11.8 Å². The van der Waals surface area contributed by atoms with Gasteiger partial charge in [-0.15, -0.1) is 0 Å². The highest BCUT2D eigenvalue weighted by molar-refractivity contribution is 5.74. The molecule has 0 radical (unpaired) electrons. The van der Waals surface area contributed by atoms with Crippen molar-refractivity contribution in [2.45, 2.75) is 78.9 Å². The molecule has 2 N–H and O–H groups in total. The van der Waals surface area contributed by atoms with Gasteiger partial charge in [0.25, 0.3) is 0 Å². The van der Waals surface area contributed by atoms with Crippen LogP contribution < -0.4 is 29.6 Å². The Morgan fingerprint density at radius 3 is 1.46 bits per heavy atom. The number of likely N-dealkylation sites (tertiary alicyclic amines) is 2. The van der Waals surface area contributed by atoms with E-state index in [0.29, 0.717) is 49.8 Å². The first kappa shape index (κ1) is 38.5. The van der Waals surface area contributed by atoms with E-state index in [1.807, 2.05) is 24.3 Å². The summed E-state index contributed by atoms with van der Waals surface area (Å²) in [5.74, 6) is 2.09. The van der Waals surface area contributed by atoms with Gasteiger partial charge in [0, 0.05) is 88.5 Å². The zero-order valence-corrected chi connectivity index (χ0v) is 32.2. The number of nitrogens with zero attached hydrogens (tertiary/aromatic N) is 4. The van der Waals surface area contributed by atoms with Crippen molar-refractivity contribution < 1.29 is 28.5 Å². The van der Waals surface area contributed by atoms with Crippen LogP contribution in [-0.2, 0) is 35.9 Å². The summed E-state index contributed by atoms with van der Waals surface area (Å²) in [6.07, 6.45) is 1.86. The smallest absolute Gasteiger partial charge is 0.220 e. The topological polar surface area (TPSA) is 127 Å². The number of hydrogen-bond acceptors (Lipinski definition) is 10. The van der Waals surface area contributed by atoms with Crippen LogP contribution in [-0.4, -0.2) is 84.1 Å². The average Bonchev–Trinajstić information content (AvgIpc) is 3.79. The summed E-state index contributed by atoms with van der Waals surface area (Å²) >= 11 is 0. The summed E-state index contributed by atoms with van der Waals surface area (Å²) in [4.78, 5) is 36.9. The second-order valence-corrected chi connectivity index (χ2v) is 14.2. The second-order valence-electron chi connectivity index (χ2n) is 14.2. The maximum absolute atomic E-state index is 11.5. The Morgan fingerprint density at radius 2 is 1.07 bits per heavy atom. The summed E-state index contributed by atoms with van der Waals surface area (Å²) in [5.41, 5.74) is 8.62. The van der Waals surface area contributed by atoms with Gasteiger partial charge in [-0.05, 0) is 72.2 Å². The van der Waals surface area contributed by atoms with Gasteiger partial charge in [0.2, 0.25) is 35.3 Å². The van der Waals surface area contributed by atoms with Gasteiger partial charge in [-0.2, -0.15) is 9.97 Å². The molecule has 2 amide bonds. The zero-order valence-electron chi connectivity index (χ0n) is 32.2. The molecule has 0 bridgehead atoms. The molecule has 4 aromatic rings. The molecule has 4 heterocycles. The molecule has 2 aromatic heterocycles. The predicted molar refractivity (Wildman–Crippen MR) is 207 cm³/mol. The maximum atomic E-state index is 11.5. The molecule has 54 heavy (non-hydrogen) atoms. The molecule has 0 aliphatic carbocycles. The lowest BCUT2D eigenvalue weighted by Crippen LogP contribution is -2.35. The van der Waals surface area contributed by atoms with E-state index in [1.165, 1.54) is 0 Å². The molecule has 2 aliphatic heterocycles. The third-order valence-electron chi connectivity index (χ3n) is 10.3. The number of nitrogens with one attached hydrogen (secondary N) is 2. The van der Waals surface area contributed by atoms with Crippen molar-refractivity contribution in [1.29, 1.82) is 0 Å². The third-order valence-corrected chi connectivity index (χ3v) is 10.3. The number of carbonyl (C=O) groups excluding carboxylic acids is 2. The number of hydrogen-bond donors (Lipinski definition) is 2. The Hall–Kier alpha value is -5.20. The first-order chi connectivity index (χ1) is 26.1. The Morgan fingerprint density at radius 1 is 0.648 bits per heavy atom. The summed E-state index contributed by atoms with van der Waals surface area (Å²) in [7, 11) is 3.25. The predicted octanol–water partition coefficient (Wildman–Crippen LogP) is 5.36. The minimum atomic E-state index is 0.00372. The second kappa shape index (κ2) is 17.7. The van der Waals surface area contributed by atoms with Crippen molar-refractivity contribution in [2.24, 2.45) is 0 Å². The van der Waals surface area contributed by atoms with Crippen LogP contribution in [0.5, 0.6) is 23.5 Å². The van der Waals surface area contributed by atoms with Gasteiger partial charge in [-0.3, -0.25) is 19.4 Å². The SMILES string of the molecule is COc1nc(OCc2cccc(-c3cccc(COc4ccc(CN5CC[C@H](NC(C)=O)C5)c(OC)n4)c3C)c2C)ccc1CN1CC[C@H](NC(C)=O)C1. The lowest BCUT2D eigenvalue weighted by Gasteiger charge is -2.19. The van der Waals surface area contributed by atoms with Crippen molar-refractivity contribution in [1.82, 2.24) is 30.4 Å². The van der Waals surface area contributed by atoms with Gasteiger partial charge in [-0.25, -0.2) is 0 Å². The summed E-state index contributed by atoms with van der Waals surface area (Å²) in [6.45, 7) is 12.9. The fourth-order valence-electron chi connectivity index (χ4n) is 7.47. The van der Waals surface area contributed by atoms with Crippen LogP contribution in [0.3, 0.4) is 0 Å². The molecular formula is C42H52N6O6. The molecular weight excluding hydrogens is 684 g/mol. The molecule has 2 aromatic carbocycles. The van der Waals surface area contributed by atoms with E-state index in [1.54, 1.807) is 28.1 Å². The third kappa shape index (κ3) is 9.66. The van der Waals surface area contributed by atoms with Crippen LogP contribution in [0, 0.1) is 13.8 Å². The Balaban J connectivity index is 1.08. The lowest BCUT2D eigenvalue weighted by molar-refractivity contribution is -0.120.